The van der Waals surface area contributed by atoms with Gasteiger partial charge in [-0.15, -0.1) is 0 Å². The number of hydrogen-bond acceptors (Lipinski definition) is 2. The van der Waals surface area contributed by atoms with Crippen molar-refractivity contribution in [1.29, 1.82) is 0 Å². The molecule has 0 spiro atoms. The van der Waals surface area contributed by atoms with Crippen LogP contribution in [-0.2, 0) is 9.59 Å². The highest BCUT2D eigenvalue weighted by molar-refractivity contribution is 5.70. The van der Waals surface area contributed by atoms with E-state index in [1.54, 1.807) is 0 Å². The molecule has 4 heteroatoms. The van der Waals surface area contributed by atoms with Crippen molar-refractivity contribution in [2.24, 2.45) is 29.1 Å². The smallest absolute Gasteiger partial charge is 0.306 e. The average Bonchev–Trinajstić information content (AvgIpc) is 2.47. The average molecular weight is 296 g/mol. The standard InChI is InChI=1S/C17H28O4/c1-17(2,13-7-3-11(4-8-13)15(18)19)14-9-5-12(6-10-14)16(20)21/h11-14H,3-10H2,1-2H3,(H,18,19)(H,20,21). The summed E-state index contributed by atoms with van der Waals surface area (Å²) >= 11 is 0. The van der Waals surface area contributed by atoms with Crippen molar-refractivity contribution >= 4 is 11.9 Å². The minimum absolute atomic E-state index is 0.153. The summed E-state index contributed by atoms with van der Waals surface area (Å²) in [6.45, 7) is 4.62. The van der Waals surface area contributed by atoms with E-state index in [4.69, 9.17) is 10.2 Å². The Hall–Kier alpha value is -1.06. The zero-order chi connectivity index (χ0) is 15.6. The monoisotopic (exact) mass is 296 g/mol. The molecule has 0 bridgehead atoms. The van der Waals surface area contributed by atoms with Crippen LogP contribution in [0.15, 0.2) is 0 Å². The Morgan fingerprint density at radius 2 is 1.00 bits per heavy atom. The summed E-state index contributed by atoms with van der Waals surface area (Å²) in [6, 6.07) is 0. The van der Waals surface area contributed by atoms with Crippen molar-refractivity contribution in [3.8, 4) is 0 Å². The third-order valence-electron chi connectivity index (χ3n) is 6.26. The maximum absolute atomic E-state index is 11.1. The summed E-state index contributed by atoms with van der Waals surface area (Å²) in [5.74, 6) is -0.431. The molecule has 0 saturated heterocycles. The van der Waals surface area contributed by atoms with Gasteiger partial charge in [0.2, 0.25) is 0 Å². The summed E-state index contributed by atoms with van der Waals surface area (Å²) in [4.78, 5) is 22.1. The fourth-order valence-electron chi connectivity index (χ4n) is 4.50. The number of carboxylic acid groups (broad SMARTS) is 2. The molecule has 0 aromatic heterocycles. The molecule has 2 rings (SSSR count). The molecule has 0 heterocycles. The van der Waals surface area contributed by atoms with E-state index in [9.17, 15) is 9.59 Å². The summed E-state index contributed by atoms with van der Waals surface area (Å²) in [5.41, 5.74) is 0.201. The van der Waals surface area contributed by atoms with Crippen LogP contribution in [0.5, 0.6) is 0 Å². The Labute approximate surface area is 126 Å². The highest BCUT2D eigenvalue weighted by Crippen LogP contribution is 2.49. The number of hydrogen-bond donors (Lipinski definition) is 2. The van der Waals surface area contributed by atoms with Gasteiger partial charge < -0.3 is 10.2 Å². The zero-order valence-electron chi connectivity index (χ0n) is 13.2. The SMILES string of the molecule is CC(C)(C1CCC(C(=O)O)CC1)C1CCC(C(=O)O)CC1. The van der Waals surface area contributed by atoms with Crippen LogP contribution in [-0.4, -0.2) is 22.2 Å². The van der Waals surface area contributed by atoms with Crippen molar-refractivity contribution < 1.29 is 19.8 Å². The first-order valence-corrected chi connectivity index (χ1v) is 8.28. The lowest BCUT2D eigenvalue weighted by atomic mass is 9.59. The minimum Gasteiger partial charge on any atom is -0.481 e. The maximum Gasteiger partial charge on any atom is 0.306 e. The molecule has 4 nitrogen and oxygen atoms in total. The second-order valence-electron chi connectivity index (χ2n) is 7.59. The van der Waals surface area contributed by atoms with Gasteiger partial charge in [-0.25, -0.2) is 0 Å². The number of aliphatic carboxylic acids is 2. The fraction of sp³-hybridized carbons (Fsp3) is 0.882. The van der Waals surface area contributed by atoms with Crippen LogP contribution < -0.4 is 0 Å². The second kappa shape index (κ2) is 6.37. The highest BCUT2D eigenvalue weighted by atomic mass is 16.4. The van der Waals surface area contributed by atoms with E-state index in [0.717, 1.165) is 51.4 Å². The second-order valence-corrected chi connectivity index (χ2v) is 7.59. The lowest BCUT2D eigenvalue weighted by Crippen LogP contribution is -2.38. The van der Waals surface area contributed by atoms with Crippen LogP contribution in [0.1, 0.15) is 65.2 Å². The van der Waals surface area contributed by atoms with Gasteiger partial charge in [0.05, 0.1) is 11.8 Å². The molecule has 2 saturated carbocycles. The van der Waals surface area contributed by atoms with E-state index >= 15 is 0 Å². The molecule has 2 aliphatic carbocycles. The normalized spacial score (nSPS) is 34.4. The van der Waals surface area contributed by atoms with E-state index in [1.165, 1.54) is 0 Å². The molecule has 0 aromatic carbocycles. The first kappa shape index (κ1) is 16.3. The molecule has 0 unspecified atom stereocenters. The van der Waals surface area contributed by atoms with Gasteiger partial charge in [-0.05, 0) is 68.6 Å². The molecule has 0 aliphatic heterocycles. The number of rotatable bonds is 4. The van der Waals surface area contributed by atoms with E-state index in [0.29, 0.717) is 11.8 Å². The van der Waals surface area contributed by atoms with Gasteiger partial charge in [0.1, 0.15) is 0 Å². The summed E-state index contributed by atoms with van der Waals surface area (Å²) in [7, 11) is 0. The molecule has 2 N–H and O–H groups in total. The van der Waals surface area contributed by atoms with Gasteiger partial charge in [-0.3, -0.25) is 9.59 Å². The predicted molar refractivity (Wildman–Crippen MR) is 79.9 cm³/mol. The molecule has 0 atom stereocenters. The predicted octanol–water partition coefficient (Wildman–Crippen LogP) is 3.79. The summed E-state index contributed by atoms with van der Waals surface area (Å²) < 4.78 is 0. The first-order chi connectivity index (χ1) is 9.82. The summed E-state index contributed by atoms with van der Waals surface area (Å²) in [6.07, 6.45) is 7.21. The molecular formula is C17H28O4. The van der Waals surface area contributed by atoms with Gasteiger partial charge >= 0.3 is 11.9 Å². The van der Waals surface area contributed by atoms with E-state index in [2.05, 4.69) is 13.8 Å². The van der Waals surface area contributed by atoms with E-state index in [-0.39, 0.29) is 17.3 Å². The molecule has 2 fully saturated rings. The number of carbonyl (C=O) groups is 2. The van der Waals surface area contributed by atoms with Crippen LogP contribution in [0.3, 0.4) is 0 Å². The fourth-order valence-corrected chi connectivity index (χ4v) is 4.50. The molecule has 2 aliphatic rings. The van der Waals surface area contributed by atoms with Gasteiger partial charge in [-0.2, -0.15) is 0 Å². The Morgan fingerprint density at radius 3 is 1.24 bits per heavy atom. The topological polar surface area (TPSA) is 74.6 Å². The third kappa shape index (κ3) is 3.58. The molecule has 0 aromatic rings. The van der Waals surface area contributed by atoms with Crippen LogP contribution in [0, 0.1) is 29.1 Å². The van der Waals surface area contributed by atoms with Gasteiger partial charge in [-0.1, -0.05) is 13.8 Å². The first-order valence-electron chi connectivity index (χ1n) is 8.28. The Balaban J connectivity index is 1.90. The zero-order valence-corrected chi connectivity index (χ0v) is 13.2. The van der Waals surface area contributed by atoms with Crippen LogP contribution in [0.25, 0.3) is 0 Å². The largest absolute Gasteiger partial charge is 0.481 e. The molecule has 120 valence electrons. The minimum atomic E-state index is -0.645. The molecular weight excluding hydrogens is 268 g/mol. The van der Waals surface area contributed by atoms with Gasteiger partial charge in [0.25, 0.3) is 0 Å². The number of carboxylic acids is 2. The van der Waals surface area contributed by atoms with Crippen LogP contribution in [0.4, 0.5) is 0 Å². The lowest BCUT2D eigenvalue weighted by molar-refractivity contribution is -0.143. The highest BCUT2D eigenvalue weighted by Gasteiger charge is 2.41. The van der Waals surface area contributed by atoms with E-state index in [1.807, 2.05) is 0 Å². The van der Waals surface area contributed by atoms with Crippen LogP contribution >= 0.6 is 0 Å². The van der Waals surface area contributed by atoms with Crippen molar-refractivity contribution in [2.75, 3.05) is 0 Å². The quantitative estimate of drug-likeness (QED) is 0.827. The maximum atomic E-state index is 11.1. The van der Waals surface area contributed by atoms with Crippen molar-refractivity contribution in [3.05, 3.63) is 0 Å². The van der Waals surface area contributed by atoms with Gasteiger partial charge in [0, 0.05) is 0 Å². The Kier molecular flexibility index (Phi) is 4.95. The Morgan fingerprint density at radius 1 is 0.714 bits per heavy atom. The lowest BCUT2D eigenvalue weighted by Gasteiger charge is -2.46. The van der Waals surface area contributed by atoms with Gasteiger partial charge in [0.15, 0.2) is 0 Å². The van der Waals surface area contributed by atoms with E-state index < -0.39 is 11.9 Å². The van der Waals surface area contributed by atoms with Crippen molar-refractivity contribution in [1.82, 2.24) is 0 Å². The third-order valence-corrected chi connectivity index (χ3v) is 6.26. The molecule has 21 heavy (non-hydrogen) atoms. The van der Waals surface area contributed by atoms with Crippen molar-refractivity contribution in [3.63, 3.8) is 0 Å². The molecule has 0 radical (unpaired) electrons. The van der Waals surface area contributed by atoms with Crippen LogP contribution in [0.2, 0.25) is 0 Å². The summed E-state index contributed by atoms with van der Waals surface area (Å²) in [5, 5.41) is 18.2. The molecule has 0 amide bonds. The van der Waals surface area contributed by atoms with Crippen molar-refractivity contribution in [2.45, 2.75) is 65.2 Å². The Bertz CT molecular complexity index is 350.